The van der Waals surface area contributed by atoms with Gasteiger partial charge in [0.25, 0.3) is 0 Å². The first kappa shape index (κ1) is 24.7. The second-order valence-corrected chi connectivity index (χ2v) is 11.9. The fraction of sp³-hybridized carbons (Fsp3) is 0.111. The second kappa shape index (κ2) is 10.4. The van der Waals surface area contributed by atoms with Gasteiger partial charge in [0.15, 0.2) is 0 Å². The number of aryl methyl sites for hydroxylation is 2. The van der Waals surface area contributed by atoms with Crippen molar-refractivity contribution in [1.29, 1.82) is 0 Å². The molecule has 1 heterocycles. The number of benzene rings is 6. The van der Waals surface area contributed by atoms with Crippen molar-refractivity contribution in [2.45, 2.75) is 26.9 Å². The average molecular weight is 540 g/mol. The third-order valence-electron chi connectivity index (χ3n) is 7.61. The Labute approximate surface area is 234 Å². The van der Waals surface area contributed by atoms with Crippen LogP contribution in [0.4, 0.5) is 0 Å². The Morgan fingerprint density at radius 1 is 0.525 bits per heavy atom. The zero-order valence-corrected chi connectivity index (χ0v) is 23.6. The maximum Gasteiger partial charge on any atom is 0.310 e. The van der Waals surface area contributed by atoms with Crippen LogP contribution in [0, 0.1) is 13.8 Å². The third-order valence-corrected chi connectivity index (χ3v) is 9.03. The van der Waals surface area contributed by atoms with Crippen LogP contribution in [0.3, 0.4) is 0 Å². The first-order valence-corrected chi connectivity index (χ1v) is 14.8. The van der Waals surface area contributed by atoms with Crippen molar-refractivity contribution in [1.82, 2.24) is 0 Å². The Morgan fingerprint density at radius 2 is 0.925 bits per heavy atom. The van der Waals surface area contributed by atoms with E-state index in [0.29, 0.717) is 13.1 Å². The van der Waals surface area contributed by atoms with Crippen LogP contribution in [0.15, 0.2) is 130 Å². The van der Waals surface area contributed by atoms with E-state index in [1.807, 2.05) is 0 Å². The van der Waals surface area contributed by atoms with Crippen LogP contribution in [0.5, 0.6) is 0 Å². The molecule has 196 valence electrons. The Balaban J connectivity index is 1.61. The standard InChI is InChI=1S/C36H30NO2P/c1-25-21-29-17-9-11-19-31(29)33-34-32-20-12-10-18-30(32)22-26(2)36(34)39-40(38-35(25)33)37(23-27-13-5-3-6-14-27)24-28-15-7-4-8-16-28/h3-22H,23-24H2,1-2H3. The van der Waals surface area contributed by atoms with Crippen molar-refractivity contribution in [2.24, 2.45) is 0 Å². The van der Waals surface area contributed by atoms with E-state index in [1.165, 1.54) is 32.7 Å². The van der Waals surface area contributed by atoms with Crippen LogP contribution in [0.2, 0.25) is 0 Å². The van der Waals surface area contributed by atoms with Gasteiger partial charge in [-0.15, -0.1) is 0 Å². The van der Waals surface area contributed by atoms with Crippen molar-refractivity contribution in [3.8, 4) is 0 Å². The lowest BCUT2D eigenvalue weighted by atomic mass is 9.95. The molecule has 0 radical (unpaired) electrons. The largest absolute Gasteiger partial charge is 0.407 e. The van der Waals surface area contributed by atoms with Crippen molar-refractivity contribution in [2.75, 3.05) is 4.67 Å². The molecule has 0 amide bonds. The van der Waals surface area contributed by atoms with Gasteiger partial charge in [-0.05, 0) is 69.8 Å². The van der Waals surface area contributed by atoms with Gasteiger partial charge in [-0.2, -0.15) is 4.67 Å². The van der Waals surface area contributed by atoms with Gasteiger partial charge in [0.2, 0.25) is 0 Å². The highest BCUT2D eigenvalue weighted by Crippen LogP contribution is 2.44. The van der Waals surface area contributed by atoms with Gasteiger partial charge in [0, 0.05) is 23.9 Å². The smallest absolute Gasteiger partial charge is 0.310 e. The molecule has 40 heavy (non-hydrogen) atoms. The summed E-state index contributed by atoms with van der Waals surface area (Å²) in [7, 11) is -1.49. The third kappa shape index (κ3) is 4.48. The van der Waals surface area contributed by atoms with Crippen LogP contribution >= 0.6 is 8.16 Å². The summed E-state index contributed by atoms with van der Waals surface area (Å²) in [5, 5.41) is 7.01. The van der Waals surface area contributed by atoms with Crippen molar-refractivity contribution < 1.29 is 8.39 Å². The highest BCUT2D eigenvalue weighted by molar-refractivity contribution is 7.38. The molecule has 0 aliphatic rings. The average Bonchev–Trinajstić information content (AvgIpc) is 3.17. The molecule has 0 saturated heterocycles. The summed E-state index contributed by atoms with van der Waals surface area (Å²) >= 11 is 0. The highest BCUT2D eigenvalue weighted by Gasteiger charge is 2.20. The van der Waals surface area contributed by atoms with Gasteiger partial charge in [0.05, 0.1) is 0 Å². The Bertz CT molecular complexity index is 1890. The summed E-state index contributed by atoms with van der Waals surface area (Å²) in [4.78, 5) is 0. The lowest BCUT2D eigenvalue weighted by Gasteiger charge is -2.19. The number of nitrogens with zero attached hydrogens (tertiary/aromatic N) is 1. The molecule has 0 aliphatic heterocycles. The minimum Gasteiger partial charge on any atom is -0.407 e. The number of fused-ring (bicyclic) bond motifs is 7. The Kier molecular flexibility index (Phi) is 6.40. The molecule has 4 heteroatoms. The van der Waals surface area contributed by atoms with E-state index in [2.05, 4.69) is 140 Å². The van der Waals surface area contributed by atoms with Crippen LogP contribution < -0.4 is 4.67 Å². The minimum absolute atomic E-state index is 0.714. The van der Waals surface area contributed by atoms with E-state index in [4.69, 9.17) is 8.39 Å². The number of rotatable bonds is 5. The zero-order valence-electron chi connectivity index (χ0n) is 22.7. The topological polar surface area (TPSA) is 29.5 Å². The second-order valence-electron chi connectivity index (χ2n) is 10.5. The monoisotopic (exact) mass is 539 g/mol. The van der Waals surface area contributed by atoms with Crippen molar-refractivity contribution >= 4 is 51.6 Å². The van der Waals surface area contributed by atoms with Gasteiger partial charge in [0.1, 0.15) is 11.2 Å². The maximum absolute atomic E-state index is 7.06. The molecule has 0 unspecified atom stereocenters. The molecule has 1 aromatic heterocycles. The molecule has 0 saturated carbocycles. The molecular weight excluding hydrogens is 509 g/mol. The first-order valence-electron chi connectivity index (χ1n) is 13.7. The van der Waals surface area contributed by atoms with Gasteiger partial charge < -0.3 is 8.39 Å². The predicted octanol–water partition coefficient (Wildman–Crippen LogP) is 10.6. The Hall–Kier alpha value is -4.30. The van der Waals surface area contributed by atoms with E-state index in [9.17, 15) is 0 Å². The highest BCUT2D eigenvalue weighted by atomic mass is 31.1. The van der Waals surface area contributed by atoms with Crippen LogP contribution in [-0.4, -0.2) is 0 Å². The van der Waals surface area contributed by atoms with Crippen LogP contribution in [-0.2, 0) is 13.1 Å². The van der Waals surface area contributed by atoms with E-state index in [0.717, 1.165) is 33.1 Å². The lowest BCUT2D eigenvalue weighted by molar-refractivity contribution is 0.615. The SMILES string of the molecule is Cc1cc2ccccc2c2c1op(N(Cc1ccccc1)Cc1ccccc1)oc1c(C)cc3ccccc3c12. The summed E-state index contributed by atoms with van der Waals surface area (Å²) in [6, 6.07) is 42.9. The normalized spacial score (nSPS) is 11.7. The zero-order chi connectivity index (χ0) is 27.1. The van der Waals surface area contributed by atoms with Crippen molar-refractivity contribution in [3.63, 3.8) is 0 Å². The fourth-order valence-electron chi connectivity index (χ4n) is 5.72. The first-order chi connectivity index (χ1) is 19.7. The summed E-state index contributed by atoms with van der Waals surface area (Å²) in [5.74, 6) is 0. The van der Waals surface area contributed by atoms with E-state index in [1.54, 1.807) is 0 Å². The molecule has 7 aromatic rings. The van der Waals surface area contributed by atoms with Gasteiger partial charge >= 0.3 is 8.16 Å². The number of hydrogen-bond acceptors (Lipinski definition) is 3. The van der Waals surface area contributed by atoms with Crippen molar-refractivity contribution in [3.05, 3.63) is 144 Å². The van der Waals surface area contributed by atoms with Gasteiger partial charge in [-0.3, -0.25) is 0 Å². The summed E-state index contributed by atoms with van der Waals surface area (Å²) in [6.45, 7) is 5.73. The molecule has 0 aliphatic carbocycles. The summed E-state index contributed by atoms with van der Waals surface area (Å²) in [5.41, 5.74) is 6.49. The molecule has 6 aromatic carbocycles. The minimum atomic E-state index is -1.49. The molecule has 0 fully saturated rings. The molecule has 3 nitrogen and oxygen atoms in total. The molecule has 7 rings (SSSR count). The molecule has 0 N–H and O–H groups in total. The van der Waals surface area contributed by atoms with Crippen LogP contribution in [0.25, 0.3) is 43.5 Å². The molecular formula is C36H30NO2P. The fourth-order valence-corrected chi connectivity index (χ4v) is 7.33. The van der Waals surface area contributed by atoms with Gasteiger partial charge in [-0.1, -0.05) is 109 Å². The molecule has 0 spiro atoms. The van der Waals surface area contributed by atoms with Crippen LogP contribution in [0.1, 0.15) is 22.3 Å². The Morgan fingerprint density at radius 3 is 1.38 bits per heavy atom. The predicted molar refractivity (Wildman–Crippen MR) is 169 cm³/mol. The van der Waals surface area contributed by atoms with E-state index in [-0.39, 0.29) is 0 Å². The maximum atomic E-state index is 7.06. The molecule has 0 bridgehead atoms. The lowest BCUT2D eigenvalue weighted by Crippen LogP contribution is -2.18. The van der Waals surface area contributed by atoms with E-state index >= 15 is 0 Å². The molecule has 0 atom stereocenters. The summed E-state index contributed by atoms with van der Waals surface area (Å²) in [6.07, 6.45) is 0. The quantitative estimate of drug-likeness (QED) is 0.218. The number of hydrogen-bond donors (Lipinski definition) is 0. The van der Waals surface area contributed by atoms with Gasteiger partial charge in [-0.25, -0.2) is 0 Å². The summed E-state index contributed by atoms with van der Waals surface area (Å²) < 4.78 is 16.5. The van der Waals surface area contributed by atoms with E-state index < -0.39 is 8.16 Å².